The van der Waals surface area contributed by atoms with E-state index in [-0.39, 0.29) is 23.9 Å². The van der Waals surface area contributed by atoms with Crippen LogP contribution in [0.4, 0.5) is 24.5 Å². The van der Waals surface area contributed by atoms with Crippen LogP contribution in [-0.4, -0.2) is 48.6 Å². The van der Waals surface area contributed by atoms with E-state index in [0.717, 1.165) is 17.8 Å². The zero-order valence-corrected chi connectivity index (χ0v) is 14.5. The zero-order valence-electron chi connectivity index (χ0n) is 14.5. The monoisotopic (exact) mass is 379 g/mol. The average Bonchev–Trinajstić information content (AvgIpc) is 2.62. The normalized spacial score (nSPS) is 15.6. The van der Waals surface area contributed by atoms with Gasteiger partial charge in [0.15, 0.2) is 0 Å². The Bertz CT molecular complexity index is 803. The number of nitrogens with zero attached hydrogens (tertiary/aromatic N) is 2. The van der Waals surface area contributed by atoms with Gasteiger partial charge in [-0.15, -0.1) is 0 Å². The van der Waals surface area contributed by atoms with Gasteiger partial charge in [0.25, 0.3) is 0 Å². The van der Waals surface area contributed by atoms with Crippen molar-refractivity contribution >= 4 is 17.3 Å². The number of nitrogens with one attached hydrogen (secondary N) is 1. The predicted molar refractivity (Wildman–Crippen MR) is 96.8 cm³/mol. The highest BCUT2D eigenvalue weighted by Gasteiger charge is 2.30. The van der Waals surface area contributed by atoms with Gasteiger partial charge in [-0.05, 0) is 30.3 Å². The van der Waals surface area contributed by atoms with Crippen molar-refractivity contribution in [2.75, 3.05) is 42.9 Å². The molecule has 27 heavy (non-hydrogen) atoms. The Hall–Kier alpha value is -2.74. The summed E-state index contributed by atoms with van der Waals surface area (Å²) in [4.78, 5) is 16.1. The number of piperazine rings is 1. The molecule has 0 atom stereocenters. The van der Waals surface area contributed by atoms with Crippen molar-refractivity contribution < 1.29 is 23.1 Å². The Morgan fingerprint density at radius 2 is 1.74 bits per heavy atom. The predicted octanol–water partition coefficient (Wildman–Crippen LogP) is 3.17. The number of benzene rings is 2. The average molecular weight is 379 g/mol. The first-order valence-electron chi connectivity index (χ1n) is 8.55. The molecule has 8 heteroatoms. The first kappa shape index (κ1) is 19.0. The standard InChI is InChI=1S/C19H20F3N3O2/c20-19(21,22)14-4-3-5-15(12-14)23-18(27)13-24-8-10-25(11-9-24)16-6-1-2-7-17(16)26/h1-7,12,26H,8-11,13H2,(H,23,27). The van der Waals surface area contributed by atoms with E-state index in [9.17, 15) is 23.1 Å². The number of hydrogen-bond donors (Lipinski definition) is 2. The minimum Gasteiger partial charge on any atom is -0.506 e. The lowest BCUT2D eigenvalue weighted by atomic mass is 10.2. The number of carbonyl (C=O) groups excluding carboxylic acids is 1. The molecular formula is C19H20F3N3O2. The van der Waals surface area contributed by atoms with Crippen LogP contribution in [0.2, 0.25) is 0 Å². The summed E-state index contributed by atoms with van der Waals surface area (Å²) < 4.78 is 38.2. The van der Waals surface area contributed by atoms with Gasteiger partial charge >= 0.3 is 6.18 Å². The number of carbonyl (C=O) groups is 1. The van der Waals surface area contributed by atoms with Crippen molar-refractivity contribution in [3.63, 3.8) is 0 Å². The number of phenolic OH excluding ortho intramolecular Hbond substituents is 1. The minimum absolute atomic E-state index is 0.102. The molecule has 0 spiro atoms. The first-order valence-corrected chi connectivity index (χ1v) is 8.55. The fourth-order valence-electron chi connectivity index (χ4n) is 3.06. The molecule has 144 valence electrons. The lowest BCUT2D eigenvalue weighted by Crippen LogP contribution is -2.48. The lowest BCUT2D eigenvalue weighted by Gasteiger charge is -2.35. The van der Waals surface area contributed by atoms with Crippen LogP contribution in [0, 0.1) is 0 Å². The Labute approximate surface area is 155 Å². The molecule has 0 aromatic heterocycles. The zero-order chi connectivity index (χ0) is 19.4. The van der Waals surface area contributed by atoms with E-state index in [0.29, 0.717) is 26.2 Å². The van der Waals surface area contributed by atoms with Gasteiger partial charge in [-0.1, -0.05) is 18.2 Å². The highest BCUT2D eigenvalue weighted by molar-refractivity contribution is 5.92. The Kier molecular flexibility index (Phi) is 5.55. The maximum Gasteiger partial charge on any atom is 0.416 e. The van der Waals surface area contributed by atoms with Crippen molar-refractivity contribution in [3.8, 4) is 5.75 Å². The number of phenols is 1. The van der Waals surface area contributed by atoms with Crippen molar-refractivity contribution in [1.29, 1.82) is 0 Å². The van der Waals surface area contributed by atoms with Crippen molar-refractivity contribution in [2.45, 2.75) is 6.18 Å². The molecule has 2 aromatic carbocycles. The molecule has 0 unspecified atom stereocenters. The molecular weight excluding hydrogens is 359 g/mol. The van der Waals surface area contributed by atoms with E-state index in [4.69, 9.17) is 0 Å². The SMILES string of the molecule is O=C(CN1CCN(c2ccccc2O)CC1)Nc1cccc(C(F)(F)F)c1. The van der Waals surface area contributed by atoms with Gasteiger partial charge in [-0.25, -0.2) is 0 Å². The summed E-state index contributed by atoms with van der Waals surface area (Å²) in [5, 5.41) is 12.4. The summed E-state index contributed by atoms with van der Waals surface area (Å²) in [5.74, 6) is -0.140. The Morgan fingerprint density at radius 3 is 2.41 bits per heavy atom. The van der Waals surface area contributed by atoms with E-state index in [2.05, 4.69) is 5.32 Å². The van der Waals surface area contributed by atoms with Crippen LogP contribution in [0.25, 0.3) is 0 Å². The molecule has 5 nitrogen and oxygen atoms in total. The molecule has 1 saturated heterocycles. The van der Waals surface area contributed by atoms with Gasteiger partial charge in [0.2, 0.25) is 5.91 Å². The van der Waals surface area contributed by atoms with Crippen LogP contribution in [0.1, 0.15) is 5.56 Å². The molecule has 1 amide bonds. The lowest BCUT2D eigenvalue weighted by molar-refractivity contribution is -0.137. The maximum atomic E-state index is 12.7. The fraction of sp³-hybridized carbons (Fsp3) is 0.316. The van der Waals surface area contributed by atoms with Crippen molar-refractivity contribution in [1.82, 2.24) is 4.90 Å². The number of para-hydroxylation sites is 2. The van der Waals surface area contributed by atoms with E-state index in [1.807, 2.05) is 21.9 Å². The summed E-state index contributed by atoms with van der Waals surface area (Å²) >= 11 is 0. The molecule has 2 aromatic rings. The van der Waals surface area contributed by atoms with Gasteiger partial charge in [0.1, 0.15) is 5.75 Å². The highest BCUT2D eigenvalue weighted by atomic mass is 19.4. The van der Waals surface area contributed by atoms with Gasteiger partial charge in [0.05, 0.1) is 17.8 Å². The van der Waals surface area contributed by atoms with Gasteiger partial charge < -0.3 is 15.3 Å². The maximum absolute atomic E-state index is 12.7. The quantitative estimate of drug-likeness (QED) is 0.857. The summed E-state index contributed by atoms with van der Waals surface area (Å²) in [5.41, 5.74) is 0.0878. The number of anilines is 2. The molecule has 0 aliphatic carbocycles. The number of alkyl halides is 3. The molecule has 0 radical (unpaired) electrons. The number of amides is 1. The molecule has 0 bridgehead atoms. The van der Waals surface area contributed by atoms with Crippen LogP contribution in [0.15, 0.2) is 48.5 Å². The first-order chi connectivity index (χ1) is 12.8. The molecule has 2 N–H and O–H groups in total. The van der Waals surface area contributed by atoms with E-state index >= 15 is 0 Å². The second-order valence-electron chi connectivity index (χ2n) is 6.38. The van der Waals surface area contributed by atoms with Gasteiger partial charge in [-0.3, -0.25) is 9.69 Å². The van der Waals surface area contributed by atoms with Crippen LogP contribution in [-0.2, 0) is 11.0 Å². The van der Waals surface area contributed by atoms with Crippen molar-refractivity contribution in [3.05, 3.63) is 54.1 Å². The topological polar surface area (TPSA) is 55.8 Å². The molecule has 1 heterocycles. The van der Waals surface area contributed by atoms with Gasteiger partial charge in [0, 0.05) is 31.9 Å². The second kappa shape index (κ2) is 7.87. The molecule has 1 aliphatic heterocycles. The van der Waals surface area contributed by atoms with E-state index in [1.165, 1.54) is 12.1 Å². The number of halogens is 3. The number of rotatable bonds is 4. The Balaban J connectivity index is 1.52. The summed E-state index contributed by atoms with van der Waals surface area (Å²) in [7, 11) is 0. The second-order valence-corrected chi connectivity index (χ2v) is 6.38. The van der Waals surface area contributed by atoms with Gasteiger partial charge in [-0.2, -0.15) is 13.2 Å². The number of hydrogen-bond acceptors (Lipinski definition) is 4. The van der Waals surface area contributed by atoms with Crippen LogP contribution >= 0.6 is 0 Å². The third kappa shape index (κ3) is 4.91. The number of aromatic hydroxyl groups is 1. The minimum atomic E-state index is -4.44. The van der Waals surface area contributed by atoms with E-state index in [1.54, 1.807) is 12.1 Å². The molecule has 3 rings (SSSR count). The fourth-order valence-corrected chi connectivity index (χ4v) is 3.06. The third-order valence-corrected chi connectivity index (χ3v) is 4.44. The molecule has 1 fully saturated rings. The molecule has 0 saturated carbocycles. The Morgan fingerprint density at radius 1 is 1.04 bits per heavy atom. The highest BCUT2D eigenvalue weighted by Crippen LogP contribution is 2.30. The van der Waals surface area contributed by atoms with Crippen LogP contribution in [0.3, 0.4) is 0 Å². The summed E-state index contributed by atoms with van der Waals surface area (Å²) in [6, 6.07) is 11.7. The third-order valence-electron chi connectivity index (χ3n) is 4.44. The van der Waals surface area contributed by atoms with E-state index < -0.39 is 11.7 Å². The summed E-state index contributed by atoms with van der Waals surface area (Å²) in [6.07, 6.45) is -4.44. The van der Waals surface area contributed by atoms with Crippen LogP contribution in [0.5, 0.6) is 5.75 Å². The largest absolute Gasteiger partial charge is 0.506 e. The smallest absolute Gasteiger partial charge is 0.416 e. The van der Waals surface area contributed by atoms with Crippen molar-refractivity contribution in [2.24, 2.45) is 0 Å². The molecule has 1 aliphatic rings. The summed E-state index contributed by atoms with van der Waals surface area (Å²) in [6.45, 7) is 2.63. The van der Waals surface area contributed by atoms with Crippen LogP contribution < -0.4 is 10.2 Å².